The summed E-state index contributed by atoms with van der Waals surface area (Å²) >= 11 is 0. The molecule has 0 aromatic heterocycles. The highest BCUT2D eigenvalue weighted by molar-refractivity contribution is 5.94. The molecule has 1 amide bonds. The predicted molar refractivity (Wildman–Crippen MR) is 75.2 cm³/mol. The maximum Gasteiger partial charge on any atom is 0.251 e. The van der Waals surface area contributed by atoms with Crippen LogP contribution in [0, 0.1) is 6.92 Å². The molecule has 19 heavy (non-hydrogen) atoms. The van der Waals surface area contributed by atoms with Crippen molar-refractivity contribution >= 4 is 5.91 Å². The lowest BCUT2D eigenvalue weighted by atomic mass is 10.0. The molecule has 0 aliphatic heterocycles. The van der Waals surface area contributed by atoms with Gasteiger partial charge in [-0.25, -0.2) is 0 Å². The molecule has 1 aromatic carbocycles. The van der Waals surface area contributed by atoms with Crippen LogP contribution in [0.15, 0.2) is 18.2 Å². The molecule has 0 bridgehead atoms. The maximum absolute atomic E-state index is 12.2. The molecular weight excluding hydrogens is 240 g/mol. The van der Waals surface area contributed by atoms with Crippen molar-refractivity contribution in [3.8, 4) is 5.75 Å². The lowest BCUT2D eigenvalue weighted by molar-refractivity contribution is 0.0928. The minimum absolute atomic E-state index is 0.0329. The molecule has 4 N–H and O–H groups in total. The summed E-state index contributed by atoms with van der Waals surface area (Å²) in [6.45, 7) is 1.80. The normalized spacial score (nSPS) is 23.7. The zero-order valence-corrected chi connectivity index (χ0v) is 11.4. The van der Waals surface area contributed by atoms with E-state index in [9.17, 15) is 9.90 Å². The standard InChI is InChI=1S/C15H22N2O2/c1-10-7-8-11(9-14(10)18)15(19)17-13-6-4-2-3-5-12(13)16/h7-9,12-13,18H,2-6,16H2,1H3,(H,17,19). The topological polar surface area (TPSA) is 75.4 Å². The third-order valence-electron chi connectivity index (χ3n) is 3.86. The molecule has 1 fully saturated rings. The highest BCUT2D eigenvalue weighted by atomic mass is 16.3. The Labute approximate surface area is 114 Å². The number of nitrogens with two attached hydrogens (primary N) is 1. The van der Waals surface area contributed by atoms with Crippen molar-refractivity contribution in [2.24, 2.45) is 5.73 Å². The molecule has 0 spiro atoms. The molecule has 104 valence electrons. The van der Waals surface area contributed by atoms with Gasteiger partial charge in [-0.2, -0.15) is 0 Å². The van der Waals surface area contributed by atoms with Crippen molar-refractivity contribution in [1.82, 2.24) is 5.32 Å². The van der Waals surface area contributed by atoms with Crippen LogP contribution in [0.1, 0.15) is 48.0 Å². The van der Waals surface area contributed by atoms with E-state index in [2.05, 4.69) is 5.32 Å². The van der Waals surface area contributed by atoms with Crippen molar-refractivity contribution < 1.29 is 9.90 Å². The van der Waals surface area contributed by atoms with E-state index in [0.717, 1.165) is 31.2 Å². The van der Waals surface area contributed by atoms with Gasteiger partial charge >= 0.3 is 0 Å². The average molecular weight is 262 g/mol. The molecule has 2 rings (SSSR count). The zero-order chi connectivity index (χ0) is 13.8. The van der Waals surface area contributed by atoms with Gasteiger partial charge in [0.2, 0.25) is 0 Å². The summed E-state index contributed by atoms with van der Waals surface area (Å²) in [5.41, 5.74) is 7.35. The van der Waals surface area contributed by atoms with Gasteiger partial charge in [0, 0.05) is 17.6 Å². The Morgan fingerprint density at radius 1 is 1.32 bits per heavy atom. The molecular formula is C15H22N2O2. The Balaban J connectivity index is 2.05. The van der Waals surface area contributed by atoms with Crippen LogP contribution < -0.4 is 11.1 Å². The van der Waals surface area contributed by atoms with E-state index in [1.54, 1.807) is 19.1 Å². The van der Waals surface area contributed by atoms with E-state index < -0.39 is 0 Å². The number of aromatic hydroxyl groups is 1. The van der Waals surface area contributed by atoms with Crippen molar-refractivity contribution in [2.45, 2.75) is 51.1 Å². The fraction of sp³-hybridized carbons (Fsp3) is 0.533. The highest BCUT2D eigenvalue weighted by Gasteiger charge is 2.22. The third-order valence-corrected chi connectivity index (χ3v) is 3.86. The average Bonchev–Trinajstić information content (AvgIpc) is 2.58. The monoisotopic (exact) mass is 262 g/mol. The van der Waals surface area contributed by atoms with Gasteiger partial charge in [0.15, 0.2) is 0 Å². The van der Waals surface area contributed by atoms with E-state index in [1.807, 2.05) is 0 Å². The highest BCUT2D eigenvalue weighted by Crippen LogP contribution is 2.19. The zero-order valence-electron chi connectivity index (χ0n) is 11.4. The molecule has 1 aromatic rings. The molecule has 0 radical (unpaired) electrons. The van der Waals surface area contributed by atoms with Crippen molar-refractivity contribution in [3.63, 3.8) is 0 Å². The number of phenols is 1. The quantitative estimate of drug-likeness (QED) is 0.714. The first-order valence-corrected chi connectivity index (χ1v) is 6.94. The van der Waals surface area contributed by atoms with Gasteiger partial charge in [0.05, 0.1) is 0 Å². The van der Waals surface area contributed by atoms with Crippen LogP contribution in [0.2, 0.25) is 0 Å². The second kappa shape index (κ2) is 6.06. The summed E-state index contributed by atoms with van der Waals surface area (Å²) in [6.07, 6.45) is 5.33. The summed E-state index contributed by atoms with van der Waals surface area (Å²) in [5, 5.41) is 12.6. The van der Waals surface area contributed by atoms with Gasteiger partial charge in [-0.15, -0.1) is 0 Å². The van der Waals surface area contributed by atoms with Crippen LogP contribution in [0.3, 0.4) is 0 Å². The molecule has 2 unspecified atom stereocenters. The number of phenolic OH excluding ortho intramolecular Hbond substituents is 1. The Kier molecular flexibility index (Phi) is 4.43. The SMILES string of the molecule is Cc1ccc(C(=O)NC2CCCCCC2N)cc1O. The summed E-state index contributed by atoms with van der Waals surface area (Å²) in [4.78, 5) is 12.2. The summed E-state index contributed by atoms with van der Waals surface area (Å²) in [6, 6.07) is 5.06. The van der Waals surface area contributed by atoms with Crippen LogP contribution in [0.5, 0.6) is 5.75 Å². The first-order chi connectivity index (χ1) is 9.08. The van der Waals surface area contributed by atoms with Gasteiger partial charge < -0.3 is 16.2 Å². The molecule has 1 aliphatic carbocycles. The molecule has 1 saturated carbocycles. The predicted octanol–water partition coefficient (Wildman–Crippen LogP) is 2.09. The molecule has 4 nitrogen and oxygen atoms in total. The van der Waals surface area contributed by atoms with Crippen molar-refractivity contribution in [1.29, 1.82) is 0 Å². The first kappa shape index (κ1) is 13.9. The van der Waals surface area contributed by atoms with Gasteiger partial charge in [-0.1, -0.05) is 25.3 Å². The maximum atomic E-state index is 12.2. The molecule has 4 heteroatoms. The number of hydrogen-bond acceptors (Lipinski definition) is 3. The van der Waals surface area contributed by atoms with Gasteiger partial charge in [0.25, 0.3) is 5.91 Å². The van der Waals surface area contributed by atoms with Crippen molar-refractivity contribution in [2.75, 3.05) is 0 Å². The van der Waals surface area contributed by atoms with Crippen molar-refractivity contribution in [3.05, 3.63) is 29.3 Å². The number of carbonyl (C=O) groups excluding carboxylic acids is 1. The fourth-order valence-electron chi connectivity index (χ4n) is 2.52. The van der Waals surface area contributed by atoms with Crippen LogP contribution in [0.25, 0.3) is 0 Å². The smallest absolute Gasteiger partial charge is 0.251 e. The van der Waals surface area contributed by atoms with E-state index in [4.69, 9.17) is 5.73 Å². The van der Waals surface area contributed by atoms with E-state index in [1.165, 1.54) is 12.5 Å². The molecule has 1 aliphatic rings. The number of aryl methyl sites for hydroxylation is 1. The van der Waals surface area contributed by atoms with E-state index in [0.29, 0.717) is 5.56 Å². The fourth-order valence-corrected chi connectivity index (χ4v) is 2.52. The number of nitrogens with one attached hydrogen (secondary N) is 1. The second-order valence-electron chi connectivity index (χ2n) is 5.38. The van der Waals surface area contributed by atoms with Crippen LogP contribution in [0.4, 0.5) is 0 Å². The largest absolute Gasteiger partial charge is 0.508 e. The van der Waals surface area contributed by atoms with Crippen LogP contribution in [-0.2, 0) is 0 Å². The Morgan fingerprint density at radius 3 is 2.79 bits per heavy atom. The number of hydrogen-bond donors (Lipinski definition) is 3. The molecule has 0 heterocycles. The van der Waals surface area contributed by atoms with Crippen LogP contribution in [-0.4, -0.2) is 23.1 Å². The Hall–Kier alpha value is -1.55. The van der Waals surface area contributed by atoms with E-state index in [-0.39, 0.29) is 23.7 Å². The minimum Gasteiger partial charge on any atom is -0.508 e. The number of benzene rings is 1. The molecule has 2 atom stereocenters. The van der Waals surface area contributed by atoms with Crippen LogP contribution >= 0.6 is 0 Å². The summed E-state index contributed by atoms with van der Waals surface area (Å²) in [7, 11) is 0. The summed E-state index contributed by atoms with van der Waals surface area (Å²) < 4.78 is 0. The van der Waals surface area contributed by atoms with Gasteiger partial charge in [-0.3, -0.25) is 4.79 Å². The lowest BCUT2D eigenvalue weighted by Crippen LogP contribution is -2.46. The number of carbonyl (C=O) groups is 1. The number of rotatable bonds is 2. The first-order valence-electron chi connectivity index (χ1n) is 6.94. The number of amides is 1. The molecule has 0 saturated heterocycles. The summed E-state index contributed by atoms with van der Waals surface area (Å²) in [5.74, 6) is -0.00420. The third kappa shape index (κ3) is 3.47. The van der Waals surface area contributed by atoms with E-state index >= 15 is 0 Å². The lowest BCUT2D eigenvalue weighted by Gasteiger charge is -2.22. The minimum atomic E-state index is -0.155. The Bertz CT molecular complexity index is 459. The van der Waals surface area contributed by atoms with Gasteiger partial charge in [0.1, 0.15) is 5.75 Å². The van der Waals surface area contributed by atoms with Gasteiger partial charge in [-0.05, 0) is 37.5 Å². The second-order valence-corrected chi connectivity index (χ2v) is 5.38. The Morgan fingerprint density at radius 2 is 2.05 bits per heavy atom.